The van der Waals surface area contributed by atoms with Gasteiger partial charge in [-0.1, -0.05) is 0 Å². The van der Waals surface area contributed by atoms with Gasteiger partial charge in [0.15, 0.2) is 0 Å². The quantitative estimate of drug-likeness (QED) is 0.448. The molecule has 2 N–H and O–H groups in total. The van der Waals surface area contributed by atoms with Crippen molar-refractivity contribution in [1.29, 1.82) is 0 Å². The summed E-state index contributed by atoms with van der Waals surface area (Å²) in [4.78, 5) is 39.2. The van der Waals surface area contributed by atoms with Crippen molar-refractivity contribution in [3.8, 4) is 16.2 Å². The average Bonchev–Trinajstić information content (AvgIpc) is 3.18. The molecule has 32 heavy (non-hydrogen) atoms. The Labute approximate surface area is 188 Å². The molecule has 0 aliphatic carbocycles. The number of aryl methyl sites for hydroxylation is 1. The number of pyridine rings is 1. The Morgan fingerprint density at radius 2 is 2.00 bits per heavy atom. The predicted octanol–water partition coefficient (Wildman–Crippen LogP) is 3.43. The number of aromatic amines is 1. The first-order chi connectivity index (χ1) is 15.4. The van der Waals surface area contributed by atoms with Gasteiger partial charge in [-0.2, -0.15) is 0 Å². The van der Waals surface area contributed by atoms with Gasteiger partial charge in [-0.25, -0.2) is 9.97 Å². The van der Waals surface area contributed by atoms with Crippen molar-refractivity contribution in [3.63, 3.8) is 0 Å². The van der Waals surface area contributed by atoms with Crippen molar-refractivity contribution < 1.29 is 9.53 Å². The fourth-order valence-electron chi connectivity index (χ4n) is 3.30. The van der Waals surface area contributed by atoms with E-state index < -0.39 is 0 Å². The van der Waals surface area contributed by atoms with E-state index in [0.717, 1.165) is 21.8 Å². The fraction of sp³-hybridized carbons (Fsp3) is 0.217. The highest BCUT2D eigenvalue weighted by molar-refractivity contribution is 7.22. The molecule has 0 saturated carbocycles. The lowest BCUT2D eigenvalue weighted by Gasteiger charge is -2.15. The molecule has 0 aliphatic rings. The third kappa shape index (κ3) is 5.01. The van der Waals surface area contributed by atoms with Crippen LogP contribution in [0, 0.1) is 6.92 Å². The lowest BCUT2D eigenvalue weighted by molar-refractivity contribution is -0.117. The number of amides is 1. The predicted molar refractivity (Wildman–Crippen MR) is 126 cm³/mol. The number of anilines is 1. The topological polar surface area (TPSA) is 100 Å². The molecule has 0 unspecified atom stereocenters. The summed E-state index contributed by atoms with van der Waals surface area (Å²) < 4.78 is 5.78. The summed E-state index contributed by atoms with van der Waals surface area (Å²) >= 11 is 1.40. The molecule has 8 nitrogen and oxygen atoms in total. The maximum absolute atomic E-state index is 12.6. The van der Waals surface area contributed by atoms with E-state index in [1.165, 1.54) is 11.3 Å². The Morgan fingerprint density at radius 3 is 2.72 bits per heavy atom. The van der Waals surface area contributed by atoms with Crippen LogP contribution in [0.15, 0.2) is 53.5 Å². The molecular weight excluding hydrogens is 426 g/mol. The molecule has 0 saturated heterocycles. The third-order valence-electron chi connectivity index (χ3n) is 4.82. The second-order valence-electron chi connectivity index (χ2n) is 7.51. The number of nitrogens with zero attached hydrogens (tertiary/aromatic N) is 3. The molecule has 1 aromatic carbocycles. The van der Waals surface area contributed by atoms with Crippen LogP contribution in [0.25, 0.3) is 20.7 Å². The lowest BCUT2D eigenvalue weighted by atomic mass is 10.2. The van der Waals surface area contributed by atoms with Crippen molar-refractivity contribution in [2.24, 2.45) is 0 Å². The van der Waals surface area contributed by atoms with Gasteiger partial charge in [-0.3, -0.25) is 14.5 Å². The van der Waals surface area contributed by atoms with E-state index in [-0.39, 0.29) is 18.0 Å². The lowest BCUT2D eigenvalue weighted by Crippen LogP contribution is -2.31. The normalized spacial score (nSPS) is 11.1. The monoisotopic (exact) mass is 449 g/mol. The van der Waals surface area contributed by atoms with E-state index in [1.807, 2.05) is 49.4 Å². The van der Waals surface area contributed by atoms with E-state index in [1.54, 1.807) is 25.3 Å². The summed E-state index contributed by atoms with van der Waals surface area (Å²) in [5, 5.41) is 2.78. The number of aromatic nitrogens is 3. The Bertz CT molecular complexity index is 1310. The zero-order valence-electron chi connectivity index (χ0n) is 18.0. The number of likely N-dealkylation sites (N-methyl/N-ethyl adjacent to an activating group) is 1. The summed E-state index contributed by atoms with van der Waals surface area (Å²) in [5.41, 5.74) is 2.47. The van der Waals surface area contributed by atoms with Crippen molar-refractivity contribution in [2.75, 3.05) is 26.0 Å². The number of fused-ring (bicyclic) bond motifs is 1. The third-order valence-corrected chi connectivity index (χ3v) is 5.99. The second kappa shape index (κ2) is 9.29. The maximum atomic E-state index is 12.6. The van der Waals surface area contributed by atoms with Crippen LogP contribution in [0.5, 0.6) is 5.75 Å². The molecule has 9 heteroatoms. The molecule has 0 radical (unpaired) electrons. The molecule has 0 spiro atoms. The number of carbonyl (C=O) groups is 1. The summed E-state index contributed by atoms with van der Waals surface area (Å²) in [6, 6.07) is 13.3. The first kappa shape index (κ1) is 21.7. The van der Waals surface area contributed by atoms with Gasteiger partial charge in [-0.05, 0) is 67.6 Å². The number of carbonyl (C=O) groups excluding carboxylic acids is 1. The molecule has 4 aromatic rings. The van der Waals surface area contributed by atoms with E-state index in [0.29, 0.717) is 28.4 Å². The molecule has 164 valence electrons. The minimum absolute atomic E-state index is 0.137. The minimum atomic E-state index is -0.189. The molecule has 3 aromatic heterocycles. The van der Waals surface area contributed by atoms with Crippen molar-refractivity contribution in [1.82, 2.24) is 19.9 Å². The van der Waals surface area contributed by atoms with Crippen LogP contribution in [-0.4, -0.2) is 46.5 Å². The van der Waals surface area contributed by atoms with Gasteiger partial charge in [0.05, 0.1) is 25.7 Å². The minimum Gasteiger partial charge on any atom is -0.497 e. The van der Waals surface area contributed by atoms with Crippen LogP contribution in [0.3, 0.4) is 0 Å². The highest BCUT2D eigenvalue weighted by atomic mass is 32.1. The standard InChI is InChI=1S/C23H23N5O3S/c1-14-8-9-24-19(10-14)26-21(29)13-28(2)12-20-25-17-11-18(32-22(17)23(30)27-20)15-4-6-16(31-3)7-5-15/h4-11H,12-13H2,1-3H3,(H,24,26,29)(H,25,27,30). The number of benzene rings is 1. The van der Waals surface area contributed by atoms with Crippen LogP contribution in [-0.2, 0) is 11.3 Å². The average molecular weight is 450 g/mol. The summed E-state index contributed by atoms with van der Waals surface area (Å²) in [7, 11) is 3.42. The number of rotatable bonds is 7. The van der Waals surface area contributed by atoms with Gasteiger partial charge < -0.3 is 15.0 Å². The Balaban J connectivity index is 1.46. The van der Waals surface area contributed by atoms with Gasteiger partial charge in [0.1, 0.15) is 22.1 Å². The van der Waals surface area contributed by atoms with E-state index >= 15 is 0 Å². The maximum Gasteiger partial charge on any atom is 0.268 e. The van der Waals surface area contributed by atoms with Crippen molar-refractivity contribution in [2.45, 2.75) is 13.5 Å². The van der Waals surface area contributed by atoms with Gasteiger partial charge >= 0.3 is 0 Å². The molecule has 0 bridgehead atoms. The summed E-state index contributed by atoms with van der Waals surface area (Å²) in [6.07, 6.45) is 1.65. The van der Waals surface area contributed by atoms with Gasteiger partial charge in [-0.15, -0.1) is 11.3 Å². The number of hydrogen-bond acceptors (Lipinski definition) is 7. The first-order valence-electron chi connectivity index (χ1n) is 9.99. The zero-order valence-corrected chi connectivity index (χ0v) is 18.8. The Morgan fingerprint density at radius 1 is 1.22 bits per heavy atom. The molecule has 0 atom stereocenters. The largest absolute Gasteiger partial charge is 0.497 e. The van der Waals surface area contributed by atoms with Crippen LogP contribution in [0.1, 0.15) is 11.4 Å². The Kier molecular flexibility index (Phi) is 6.29. The SMILES string of the molecule is COc1ccc(-c2cc3nc(CN(C)CC(=O)Nc4cc(C)ccn4)[nH]c(=O)c3s2)cc1. The van der Waals surface area contributed by atoms with E-state index in [4.69, 9.17) is 4.74 Å². The van der Waals surface area contributed by atoms with E-state index in [9.17, 15) is 9.59 Å². The summed E-state index contributed by atoms with van der Waals surface area (Å²) in [6.45, 7) is 2.40. The van der Waals surface area contributed by atoms with Gasteiger partial charge in [0.2, 0.25) is 5.91 Å². The number of ether oxygens (including phenoxy) is 1. The molecule has 0 aliphatic heterocycles. The molecule has 4 rings (SSSR count). The highest BCUT2D eigenvalue weighted by Crippen LogP contribution is 2.31. The zero-order chi connectivity index (χ0) is 22.7. The molecule has 3 heterocycles. The Hall–Kier alpha value is -3.56. The van der Waals surface area contributed by atoms with Crippen LogP contribution in [0.2, 0.25) is 0 Å². The van der Waals surface area contributed by atoms with E-state index in [2.05, 4.69) is 20.3 Å². The van der Waals surface area contributed by atoms with Crippen LogP contribution < -0.4 is 15.6 Å². The van der Waals surface area contributed by atoms with Gasteiger partial charge in [0.25, 0.3) is 5.56 Å². The molecule has 1 amide bonds. The van der Waals surface area contributed by atoms with Gasteiger partial charge in [0, 0.05) is 11.1 Å². The fourth-order valence-corrected chi connectivity index (χ4v) is 4.30. The van der Waals surface area contributed by atoms with Crippen molar-refractivity contribution >= 4 is 33.3 Å². The van der Waals surface area contributed by atoms with Crippen LogP contribution >= 0.6 is 11.3 Å². The molecule has 0 fully saturated rings. The number of thiophene rings is 1. The molecular formula is C23H23N5O3S. The number of H-pyrrole nitrogens is 1. The smallest absolute Gasteiger partial charge is 0.268 e. The summed E-state index contributed by atoms with van der Waals surface area (Å²) in [5.74, 6) is 1.61. The number of hydrogen-bond donors (Lipinski definition) is 2. The highest BCUT2D eigenvalue weighted by Gasteiger charge is 2.13. The second-order valence-corrected chi connectivity index (χ2v) is 8.56. The number of nitrogens with one attached hydrogen (secondary N) is 2. The number of methoxy groups -OCH3 is 1. The van der Waals surface area contributed by atoms with Crippen LogP contribution in [0.4, 0.5) is 5.82 Å². The first-order valence-corrected chi connectivity index (χ1v) is 10.8. The van der Waals surface area contributed by atoms with Crippen molar-refractivity contribution in [3.05, 3.63) is 70.4 Å².